The Morgan fingerprint density at radius 3 is 2.69 bits per heavy atom. The number of aromatic nitrogens is 1. The van der Waals surface area contributed by atoms with Crippen molar-refractivity contribution in [2.45, 2.75) is 44.6 Å². The summed E-state index contributed by atoms with van der Waals surface area (Å²) in [5.41, 5.74) is 4.05. The summed E-state index contributed by atoms with van der Waals surface area (Å²) in [6, 6.07) is 12.1. The van der Waals surface area contributed by atoms with E-state index in [2.05, 4.69) is 4.57 Å². The molecule has 2 bridgehead atoms. The maximum absolute atomic E-state index is 13.0. The Labute approximate surface area is 207 Å². The van der Waals surface area contributed by atoms with Crippen molar-refractivity contribution in [2.24, 2.45) is 0 Å². The lowest BCUT2D eigenvalue weighted by Crippen LogP contribution is -2.56. The third-order valence-electron chi connectivity index (χ3n) is 7.38. The lowest BCUT2D eigenvalue weighted by molar-refractivity contribution is -0.132. The van der Waals surface area contributed by atoms with Crippen molar-refractivity contribution >= 4 is 28.8 Å². The van der Waals surface area contributed by atoms with E-state index in [1.165, 1.54) is 11.9 Å². The molecule has 0 radical (unpaired) electrons. The van der Waals surface area contributed by atoms with Crippen LogP contribution in [0.1, 0.15) is 52.4 Å². The molecule has 3 aromatic rings. The molecule has 2 fully saturated rings. The van der Waals surface area contributed by atoms with Gasteiger partial charge in [-0.1, -0.05) is 12.1 Å². The average Bonchev–Trinajstić information content (AvgIpc) is 3.19. The highest BCUT2D eigenvalue weighted by molar-refractivity contribution is 6.04. The summed E-state index contributed by atoms with van der Waals surface area (Å²) in [6.07, 6.45) is 2.19. The molecule has 6 rings (SSSR count). The number of rotatable bonds is 4. The Balaban J connectivity index is 1.32. The largest absolute Gasteiger partial charge is 0.508 e. The zero-order valence-corrected chi connectivity index (χ0v) is 20.0. The summed E-state index contributed by atoms with van der Waals surface area (Å²) in [5, 5.41) is 11.0. The second-order valence-corrected chi connectivity index (χ2v) is 9.66. The molecule has 0 aliphatic carbocycles. The monoisotopic (exact) mass is 489 g/mol. The van der Waals surface area contributed by atoms with Gasteiger partial charge in [0.1, 0.15) is 5.75 Å². The van der Waals surface area contributed by atoms with Crippen LogP contribution < -0.4 is 0 Å². The van der Waals surface area contributed by atoms with Gasteiger partial charge in [-0.05, 0) is 54.3 Å². The summed E-state index contributed by atoms with van der Waals surface area (Å²) >= 11 is 0. The first-order valence-electron chi connectivity index (χ1n) is 12.2. The minimum absolute atomic E-state index is 0.127. The summed E-state index contributed by atoms with van der Waals surface area (Å²) in [7, 11) is 1.51. The minimum atomic E-state index is -0.487. The molecule has 1 N–H and O–H groups in total. The van der Waals surface area contributed by atoms with Gasteiger partial charge in [0.2, 0.25) is 12.2 Å². The Bertz CT molecular complexity index is 1370. The highest BCUT2D eigenvalue weighted by atomic mass is 16.7. The predicted octanol–water partition coefficient (Wildman–Crippen LogP) is 3.57. The van der Waals surface area contributed by atoms with E-state index in [4.69, 9.17) is 9.47 Å². The van der Waals surface area contributed by atoms with E-state index in [9.17, 15) is 19.5 Å². The van der Waals surface area contributed by atoms with E-state index < -0.39 is 18.2 Å². The molecular weight excluding hydrogens is 462 g/mol. The predicted molar refractivity (Wildman–Crippen MR) is 129 cm³/mol. The fraction of sp³-hybridized carbons (Fsp3) is 0.370. The molecule has 186 valence electrons. The number of carbonyl (C=O) groups excluding carboxylic acids is 3. The maximum atomic E-state index is 13.0. The number of aromatic hydroxyl groups is 1. The van der Waals surface area contributed by atoms with E-state index >= 15 is 0 Å². The molecule has 1 aromatic heterocycles. The third kappa shape index (κ3) is 3.71. The van der Waals surface area contributed by atoms with Crippen molar-refractivity contribution in [1.29, 1.82) is 0 Å². The molecule has 3 amide bonds. The van der Waals surface area contributed by atoms with Crippen molar-refractivity contribution in [1.82, 2.24) is 14.4 Å². The molecule has 9 nitrogen and oxygen atoms in total. The normalized spacial score (nSPS) is 21.6. The third-order valence-corrected chi connectivity index (χ3v) is 7.38. The SMILES string of the molecule is CN1C(=O)C2CN(Cc3c2c2cc(O)ccc2n3Cc2ccc(C(=O)OC3CCCCO3)cc2)C1=O. The number of nitrogens with zero attached hydrogens (tertiary/aromatic N) is 3. The standard InChI is InChI=1S/C27H27N3O6/c1-28-25(32)20-14-29(27(28)34)15-22-24(20)19-12-18(31)9-10-21(19)30(22)13-16-5-7-17(8-6-16)26(33)36-23-4-2-3-11-35-23/h5-10,12,20,23,31H,2-4,11,13-15H2,1H3. The molecular formula is C27H27N3O6. The van der Waals surface area contributed by atoms with Crippen molar-refractivity contribution in [3.05, 3.63) is 64.8 Å². The molecule has 2 unspecified atom stereocenters. The van der Waals surface area contributed by atoms with Gasteiger partial charge in [-0.3, -0.25) is 9.69 Å². The molecule has 0 saturated carbocycles. The molecule has 2 aromatic carbocycles. The maximum Gasteiger partial charge on any atom is 0.340 e. The number of benzene rings is 2. The van der Waals surface area contributed by atoms with Crippen molar-refractivity contribution in [2.75, 3.05) is 20.2 Å². The number of imide groups is 1. The van der Waals surface area contributed by atoms with Crippen molar-refractivity contribution in [3.63, 3.8) is 0 Å². The first kappa shape index (κ1) is 22.6. The van der Waals surface area contributed by atoms with Crippen LogP contribution in [0.15, 0.2) is 42.5 Å². The molecule has 0 spiro atoms. The number of amides is 3. The fourth-order valence-corrected chi connectivity index (χ4v) is 5.53. The van der Waals surface area contributed by atoms with Crippen LogP contribution in [-0.2, 0) is 27.4 Å². The van der Waals surface area contributed by atoms with Gasteiger partial charge in [-0.2, -0.15) is 0 Å². The van der Waals surface area contributed by atoms with E-state index in [1.807, 2.05) is 18.2 Å². The van der Waals surface area contributed by atoms with Gasteiger partial charge in [0.05, 0.1) is 24.6 Å². The highest BCUT2D eigenvalue weighted by Crippen LogP contribution is 2.41. The molecule has 4 heterocycles. The van der Waals surface area contributed by atoms with Crippen LogP contribution in [0.25, 0.3) is 10.9 Å². The van der Waals surface area contributed by atoms with E-state index in [-0.39, 0.29) is 17.7 Å². The number of hydrogen-bond acceptors (Lipinski definition) is 6. The minimum Gasteiger partial charge on any atom is -0.508 e. The number of carbonyl (C=O) groups is 3. The second kappa shape index (κ2) is 8.67. The van der Waals surface area contributed by atoms with E-state index in [0.717, 1.165) is 40.6 Å². The van der Waals surface area contributed by atoms with Gasteiger partial charge >= 0.3 is 12.0 Å². The summed E-state index contributed by atoms with van der Waals surface area (Å²) in [5.74, 6) is -0.984. The van der Waals surface area contributed by atoms with Gasteiger partial charge in [-0.15, -0.1) is 0 Å². The quantitative estimate of drug-likeness (QED) is 0.563. The van der Waals surface area contributed by atoms with Crippen molar-refractivity contribution < 1.29 is 29.0 Å². The van der Waals surface area contributed by atoms with Crippen LogP contribution in [0.5, 0.6) is 5.75 Å². The molecule has 9 heteroatoms. The van der Waals surface area contributed by atoms with Gasteiger partial charge < -0.3 is 24.0 Å². The van der Waals surface area contributed by atoms with Gasteiger partial charge in [0.15, 0.2) is 0 Å². The van der Waals surface area contributed by atoms with Crippen LogP contribution in [0.3, 0.4) is 0 Å². The Kier molecular flexibility index (Phi) is 5.44. The number of esters is 1. The average molecular weight is 490 g/mol. The first-order valence-corrected chi connectivity index (χ1v) is 12.2. The summed E-state index contributed by atoms with van der Waals surface area (Å²) in [6.45, 7) is 1.81. The number of ether oxygens (including phenoxy) is 2. The zero-order valence-electron chi connectivity index (χ0n) is 20.0. The van der Waals surface area contributed by atoms with E-state index in [1.54, 1.807) is 29.2 Å². The Hall–Kier alpha value is -3.85. The summed E-state index contributed by atoms with van der Waals surface area (Å²) in [4.78, 5) is 41.1. The van der Waals surface area contributed by atoms with Crippen LogP contribution in [-0.4, -0.2) is 63.9 Å². The summed E-state index contributed by atoms with van der Waals surface area (Å²) < 4.78 is 13.1. The number of fused-ring (bicyclic) bond motifs is 6. The second-order valence-electron chi connectivity index (χ2n) is 9.66. The smallest absolute Gasteiger partial charge is 0.340 e. The van der Waals surface area contributed by atoms with Gasteiger partial charge in [-0.25, -0.2) is 9.59 Å². The molecule has 2 atom stereocenters. The number of phenolic OH excluding ortho intramolecular Hbond substituents is 1. The first-order chi connectivity index (χ1) is 17.4. The van der Waals surface area contributed by atoms with E-state index in [0.29, 0.717) is 38.2 Å². The van der Waals surface area contributed by atoms with Crippen LogP contribution in [0.2, 0.25) is 0 Å². The Morgan fingerprint density at radius 2 is 1.94 bits per heavy atom. The fourth-order valence-electron chi connectivity index (χ4n) is 5.53. The molecule has 3 aliphatic rings. The highest BCUT2D eigenvalue weighted by Gasteiger charge is 2.44. The van der Waals surface area contributed by atoms with Crippen LogP contribution >= 0.6 is 0 Å². The number of likely N-dealkylation sites (N-methyl/N-ethyl adjacent to an activating group) is 1. The van der Waals surface area contributed by atoms with Gasteiger partial charge in [0.25, 0.3) is 0 Å². The Morgan fingerprint density at radius 1 is 1.14 bits per heavy atom. The van der Waals surface area contributed by atoms with Crippen LogP contribution in [0.4, 0.5) is 4.79 Å². The number of phenols is 1. The topological polar surface area (TPSA) is 101 Å². The molecule has 3 aliphatic heterocycles. The molecule has 2 saturated heterocycles. The number of hydrogen-bond donors (Lipinski definition) is 1. The molecule has 36 heavy (non-hydrogen) atoms. The van der Waals surface area contributed by atoms with Gasteiger partial charge in [0, 0.05) is 43.2 Å². The lowest BCUT2D eigenvalue weighted by Gasteiger charge is -2.41. The lowest BCUT2D eigenvalue weighted by atomic mass is 9.89. The van der Waals surface area contributed by atoms with Crippen LogP contribution in [0, 0.1) is 0 Å². The number of urea groups is 1. The van der Waals surface area contributed by atoms with Crippen molar-refractivity contribution in [3.8, 4) is 5.75 Å². The zero-order chi connectivity index (χ0) is 25.0.